The smallest absolute Gasteiger partial charge is 0.342 e. The zero-order chi connectivity index (χ0) is 24.6. The third kappa shape index (κ3) is 4.68. The molecule has 0 bridgehead atoms. The van der Waals surface area contributed by atoms with Gasteiger partial charge in [0.15, 0.2) is 11.6 Å². The number of hydrogen-bond donors (Lipinski definition) is 2. The fourth-order valence-electron chi connectivity index (χ4n) is 4.47. The number of aromatic nitrogens is 4. The van der Waals surface area contributed by atoms with Gasteiger partial charge < -0.3 is 10.2 Å². The number of H-pyrrole nitrogens is 1. The average Bonchev–Trinajstić information content (AvgIpc) is 3.26. The summed E-state index contributed by atoms with van der Waals surface area (Å²) in [5.74, 6) is 0.655. The molecule has 1 aliphatic heterocycles. The van der Waals surface area contributed by atoms with Gasteiger partial charge in [-0.3, -0.25) is 9.89 Å². The highest BCUT2D eigenvalue weighted by atomic mass is 19.4. The molecule has 2 aromatic carbocycles. The standard InChI is InChI=1S/C25H23F3N6O/c1-15(35)34-12-6-7-16(14-34)21-13-22(31-24-18-9-3-5-11-20(18)32-33-24)30-23(29-21)17-8-2-4-10-19(17)25(26,27)28/h2-5,8-11,13,16H,6-7,12,14H2,1H3,(H2,29,30,31,32,33). The molecule has 5 rings (SSSR count). The molecule has 35 heavy (non-hydrogen) atoms. The Morgan fingerprint density at radius 3 is 2.69 bits per heavy atom. The van der Waals surface area contributed by atoms with Crippen LogP contribution in [0.2, 0.25) is 0 Å². The van der Waals surface area contributed by atoms with Gasteiger partial charge in [-0.25, -0.2) is 9.97 Å². The molecule has 4 aromatic rings. The molecular formula is C25H23F3N6O. The van der Waals surface area contributed by atoms with Gasteiger partial charge in [0.1, 0.15) is 5.82 Å². The summed E-state index contributed by atoms with van der Waals surface area (Å²) in [4.78, 5) is 22.7. The predicted octanol–water partition coefficient (Wildman–Crippen LogP) is 5.51. The first kappa shape index (κ1) is 22.8. The van der Waals surface area contributed by atoms with Crippen LogP contribution in [-0.4, -0.2) is 44.1 Å². The topological polar surface area (TPSA) is 86.8 Å². The van der Waals surface area contributed by atoms with Gasteiger partial charge >= 0.3 is 6.18 Å². The first-order valence-electron chi connectivity index (χ1n) is 11.3. The number of rotatable bonds is 4. The molecule has 180 valence electrons. The minimum atomic E-state index is -4.56. The first-order valence-corrected chi connectivity index (χ1v) is 11.3. The largest absolute Gasteiger partial charge is 0.417 e. The maximum Gasteiger partial charge on any atom is 0.417 e. The third-order valence-electron chi connectivity index (χ3n) is 6.22. The number of benzene rings is 2. The van der Waals surface area contributed by atoms with Gasteiger partial charge in [-0.15, -0.1) is 0 Å². The molecule has 0 spiro atoms. The monoisotopic (exact) mass is 480 g/mol. The predicted molar refractivity (Wildman–Crippen MR) is 126 cm³/mol. The number of piperidine rings is 1. The lowest BCUT2D eigenvalue weighted by Gasteiger charge is -2.32. The van der Waals surface area contributed by atoms with Crippen molar-refractivity contribution in [3.8, 4) is 11.4 Å². The lowest BCUT2D eigenvalue weighted by Crippen LogP contribution is -2.37. The second-order valence-electron chi connectivity index (χ2n) is 8.59. The van der Waals surface area contributed by atoms with Crippen molar-refractivity contribution in [1.82, 2.24) is 25.1 Å². The van der Waals surface area contributed by atoms with Gasteiger partial charge in [0.2, 0.25) is 5.91 Å². The number of aromatic amines is 1. The van der Waals surface area contributed by atoms with E-state index in [1.54, 1.807) is 11.0 Å². The lowest BCUT2D eigenvalue weighted by atomic mass is 9.94. The van der Waals surface area contributed by atoms with E-state index in [1.807, 2.05) is 24.3 Å². The summed E-state index contributed by atoms with van der Waals surface area (Å²) in [6.45, 7) is 2.63. The number of anilines is 2. The van der Waals surface area contributed by atoms with Gasteiger partial charge in [-0.2, -0.15) is 18.3 Å². The Morgan fingerprint density at radius 2 is 1.89 bits per heavy atom. The van der Waals surface area contributed by atoms with Crippen LogP contribution >= 0.6 is 0 Å². The van der Waals surface area contributed by atoms with E-state index in [0.29, 0.717) is 30.4 Å². The van der Waals surface area contributed by atoms with Crippen LogP contribution in [0.1, 0.15) is 36.9 Å². The maximum atomic E-state index is 13.8. The summed E-state index contributed by atoms with van der Waals surface area (Å²) < 4.78 is 41.3. The number of carbonyl (C=O) groups is 1. The van der Waals surface area contributed by atoms with Crippen molar-refractivity contribution in [2.75, 3.05) is 18.4 Å². The number of nitrogens with zero attached hydrogens (tertiary/aromatic N) is 4. The van der Waals surface area contributed by atoms with Crippen LogP contribution in [0.25, 0.3) is 22.3 Å². The Balaban J connectivity index is 1.61. The molecule has 1 saturated heterocycles. The maximum absolute atomic E-state index is 13.8. The van der Waals surface area contributed by atoms with E-state index in [1.165, 1.54) is 25.1 Å². The zero-order valence-corrected chi connectivity index (χ0v) is 18.9. The van der Waals surface area contributed by atoms with Gasteiger partial charge in [-0.05, 0) is 31.0 Å². The molecule has 0 aliphatic carbocycles. The molecule has 1 atom stereocenters. The molecule has 1 aliphatic rings. The van der Waals surface area contributed by atoms with Crippen LogP contribution in [0.3, 0.4) is 0 Å². The quantitative estimate of drug-likeness (QED) is 0.402. The van der Waals surface area contributed by atoms with Crippen molar-refractivity contribution in [3.63, 3.8) is 0 Å². The van der Waals surface area contributed by atoms with Crippen molar-refractivity contribution >= 4 is 28.4 Å². The number of fused-ring (bicyclic) bond motifs is 1. The summed E-state index contributed by atoms with van der Waals surface area (Å²) in [7, 11) is 0. The van der Waals surface area contributed by atoms with Gasteiger partial charge in [-0.1, -0.05) is 30.3 Å². The Morgan fingerprint density at radius 1 is 1.11 bits per heavy atom. The van der Waals surface area contributed by atoms with E-state index in [9.17, 15) is 18.0 Å². The molecule has 0 radical (unpaired) electrons. The minimum absolute atomic E-state index is 0.0299. The minimum Gasteiger partial charge on any atom is -0.342 e. The normalized spacial score (nSPS) is 16.5. The van der Waals surface area contributed by atoms with Crippen molar-refractivity contribution in [3.05, 3.63) is 65.9 Å². The highest BCUT2D eigenvalue weighted by molar-refractivity contribution is 5.91. The van der Waals surface area contributed by atoms with Crippen LogP contribution in [0.5, 0.6) is 0 Å². The number of amides is 1. The summed E-state index contributed by atoms with van der Waals surface area (Å²) in [5, 5.41) is 11.2. The fraction of sp³-hybridized carbons (Fsp3) is 0.280. The van der Waals surface area contributed by atoms with Crippen LogP contribution in [0.15, 0.2) is 54.6 Å². The number of halogens is 3. The summed E-state index contributed by atoms with van der Waals surface area (Å²) >= 11 is 0. The van der Waals surface area contributed by atoms with Crippen molar-refractivity contribution in [1.29, 1.82) is 0 Å². The highest BCUT2D eigenvalue weighted by Gasteiger charge is 2.34. The van der Waals surface area contributed by atoms with E-state index < -0.39 is 11.7 Å². The van der Waals surface area contributed by atoms with E-state index in [4.69, 9.17) is 0 Å². The molecular weight excluding hydrogens is 457 g/mol. The first-order chi connectivity index (χ1) is 16.8. The number of alkyl halides is 3. The van der Waals surface area contributed by atoms with Crippen molar-refractivity contribution in [2.45, 2.75) is 31.9 Å². The Bertz CT molecular complexity index is 1380. The molecule has 1 amide bonds. The van der Waals surface area contributed by atoms with Crippen molar-refractivity contribution in [2.24, 2.45) is 0 Å². The van der Waals surface area contributed by atoms with E-state index in [-0.39, 0.29) is 23.2 Å². The van der Waals surface area contributed by atoms with E-state index >= 15 is 0 Å². The van der Waals surface area contributed by atoms with E-state index in [0.717, 1.165) is 29.8 Å². The zero-order valence-electron chi connectivity index (χ0n) is 18.9. The van der Waals surface area contributed by atoms with Gasteiger partial charge in [0.25, 0.3) is 0 Å². The Kier molecular flexibility index (Phi) is 5.88. The van der Waals surface area contributed by atoms with Crippen LogP contribution in [-0.2, 0) is 11.0 Å². The third-order valence-corrected chi connectivity index (χ3v) is 6.22. The van der Waals surface area contributed by atoms with Crippen LogP contribution in [0.4, 0.5) is 24.8 Å². The van der Waals surface area contributed by atoms with Gasteiger partial charge in [0, 0.05) is 42.9 Å². The molecule has 1 fully saturated rings. The summed E-state index contributed by atoms with van der Waals surface area (Å²) in [6, 6.07) is 14.5. The average molecular weight is 480 g/mol. The number of carbonyl (C=O) groups excluding carboxylic acids is 1. The number of likely N-dealkylation sites (tertiary alicyclic amines) is 1. The molecule has 2 N–H and O–H groups in total. The molecule has 3 heterocycles. The molecule has 7 nitrogen and oxygen atoms in total. The number of hydrogen-bond acceptors (Lipinski definition) is 5. The van der Waals surface area contributed by atoms with Crippen LogP contribution in [0, 0.1) is 0 Å². The van der Waals surface area contributed by atoms with E-state index in [2.05, 4.69) is 25.5 Å². The molecule has 2 aromatic heterocycles. The molecule has 0 saturated carbocycles. The summed E-state index contributed by atoms with van der Waals surface area (Å²) in [5.41, 5.74) is 0.495. The number of para-hydroxylation sites is 1. The molecule has 10 heteroatoms. The fourth-order valence-corrected chi connectivity index (χ4v) is 4.47. The highest BCUT2D eigenvalue weighted by Crippen LogP contribution is 2.37. The second kappa shape index (κ2) is 9.01. The Hall–Kier alpha value is -3.95. The number of nitrogens with one attached hydrogen (secondary N) is 2. The lowest BCUT2D eigenvalue weighted by molar-refractivity contribution is -0.137. The second-order valence-corrected chi connectivity index (χ2v) is 8.59. The van der Waals surface area contributed by atoms with Crippen molar-refractivity contribution < 1.29 is 18.0 Å². The van der Waals surface area contributed by atoms with Gasteiger partial charge in [0.05, 0.1) is 16.8 Å². The van der Waals surface area contributed by atoms with Crippen LogP contribution < -0.4 is 5.32 Å². The summed E-state index contributed by atoms with van der Waals surface area (Å²) in [6.07, 6.45) is -3.00. The SMILES string of the molecule is CC(=O)N1CCCC(c2cc(Nc3n[nH]c4ccccc34)nc(-c3ccccc3C(F)(F)F)n2)C1. The molecule has 1 unspecified atom stereocenters. The Labute approximate surface area is 199 Å².